The highest BCUT2D eigenvalue weighted by Crippen LogP contribution is 2.43. The van der Waals surface area contributed by atoms with Crippen LogP contribution in [0.1, 0.15) is 60.1 Å². The Kier molecular flexibility index (Phi) is 7.55. The van der Waals surface area contributed by atoms with Crippen molar-refractivity contribution in [2.75, 3.05) is 47.6 Å². The zero-order valence-corrected chi connectivity index (χ0v) is 27.0. The summed E-state index contributed by atoms with van der Waals surface area (Å²) in [7, 11) is -3.46. The van der Waals surface area contributed by atoms with Crippen molar-refractivity contribution in [3.05, 3.63) is 75.8 Å². The Balaban J connectivity index is 0.993. The number of carbonyl (C=O) groups is 1. The second-order valence-corrected chi connectivity index (χ2v) is 14.6. The maximum Gasteiger partial charge on any atom is 0.264 e. The van der Waals surface area contributed by atoms with E-state index in [4.69, 9.17) is 9.17 Å². The quantitative estimate of drug-likeness (QED) is 0.206. The highest BCUT2D eigenvalue weighted by Gasteiger charge is 2.51. The summed E-state index contributed by atoms with van der Waals surface area (Å²) in [5.41, 5.74) is 4.35. The van der Waals surface area contributed by atoms with Gasteiger partial charge in [0.25, 0.3) is 15.7 Å². The Morgan fingerprint density at radius 3 is 2.24 bits per heavy atom. The van der Waals surface area contributed by atoms with Crippen LogP contribution in [0.2, 0.25) is 0 Å². The van der Waals surface area contributed by atoms with Crippen LogP contribution in [0, 0.1) is 12.3 Å². The third kappa shape index (κ3) is 5.73. The number of ketones is 1. The third-order valence-corrected chi connectivity index (χ3v) is 10.00. The van der Waals surface area contributed by atoms with Crippen LogP contribution >= 0.6 is 0 Å². The molecule has 0 unspecified atom stereocenters. The highest BCUT2D eigenvalue weighted by atomic mass is 32.2. The minimum Gasteiger partial charge on any atom is -0.370 e. The Hall–Kier alpha value is -4.36. The van der Waals surface area contributed by atoms with Crippen LogP contribution < -0.4 is 20.7 Å². The summed E-state index contributed by atoms with van der Waals surface area (Å²) in [6, 6.07) is 11.8. The summed E-state index contributed by atoms with van der Waals surface area (Å²) in [4.78, 5) is 44.4. The number of aryl methyl sites for hydroxylation is 1. The highest BCUT2D eigenvalue weighted by molar-refractivity contribution is 7.85. The van der Waals surface area contributed by atoms with E-state index in [0.29, 0.717) is 28.4 Å². The second-order valence-electron chi connectivity index (χ2n) is 13.0. The standard InChI is InChI=1S/C33H37N7O5S/c1-21-27-15-35-32(37-30(27)40(25-6-4-5-7-25)31(42)29(21)22(2)41)36-28-13-12-26(14-34-28)39-19-33(20-39)17-38(18-33)24-10-8-23(9-11-24)16-45-46(3,43)44/h8-15,25H,4-7,16-20H2,1-3H3,(H,34,35,36,37). The van der Waals surface area contributed by atoms with E-state index >= 15 is 0 Å². The Bertz CT molecular complexity index is 1970. The van der Waals surface area contributed by atoms with Gasteiger partial charge in [0.05, 0.1) is 30.3 Å². The Labute approximate surface area is 267 Å². The van der Waals surface area contributed by atoms with Crippen molar-refractivity contribution >= 4 is 50.1 Å². The van der Waals surface area contributed by atoms with E-state index in [1.165, 1.54) is 6.92 Å². The minimum atomic E-state index is -3.46. The van der Waals surface area contributed by atoms with Crippen LogP contribution in [0.5, 0.6) is 0 Å². The van der Waals surface area contributed by atoms with Gasteiger partial charge < -0.3 is 15.1 Å². The molecular weight excluding hydrogens is 606 g/mol. The van der Waals surface area contributed by atoms with E-state index < -0.39 is 10.1 Å². The SMILES string of the molecule is CC(=O)c1c(C)c2cnc(Nc3ccc(N4CC5(CN(c6ccc(COS(C)(=O)=O)cc6)C5)C4)cn3)nc2n(C2CCCC2)c1=O. The maximum absolute atomic E-state index is 13.5. The van der Waals surface area contributed by atoms with Crippen molar-refractivity contribution in [1.82, 2.24) is 19.5 Å². The number of carbonyl (C=O) groups excluding carboxylic acids is 1. The summed E-state index contributed by atoms with van der Waals surface area (Å²) in [5, 5.41) is 3.91. The van der Waals surface area contributed by atoms with E-state index in [2.05, 4.69) is 25.1 Å². The molecule has 0 atom stereocenters. The number of aromatic nitrogens is 4. The lowest BCUT2D eigenvalue weighted by molar-refractivity contribution is 0.101. The van der Waals surface area contributed by atoms with E-state index in [1.807, 2.05) is 42.6 Å². The number of hydrogen-bond acceptors (Lipinski definition) is 11. The van der Waals surface area contributed by atoms with Gasteiger partial charge in [-0.15, -0.1) is 0 Å². The lowest BCUT2D eigenvalue weighted by Gasteiger charge is -2.61. The zero-order chi connectivity index (χ0) is 32.2. The number of hydrogen-bond donors (Lipinski definition) is 1. The van der Waals surface area contributed by atoms with Gasteiger partial charge in [-0.1, -0.05) is 25.0 Å². The van der Waals surface area contributed by atoms with Gasteiger partial charge in [-0.05, 0) is 62.1 Å². The lowest BCUT2D eigenvalue weighted by atomic mass is 9.72. The number of anilines is 4. The monoisotopic (exact) mass is 643 g/mol. The molecule has 1 aliphatic carbocycles. The fraction of sp³-hybridized carbons (Fsp3) is 0.424. The zero-order valence-electron chi connectivity index (χ0n) is 26.2. The molecule has 5 heterocycles. The Morgan fingerprint density at radius 1 is 0.978 bits per heavy atom. The molecule has 3 aromatic heterocycles. The van der Waals surface area contributed by atoms with Gasteiger partial charge in [-0.2, -0.15) is 13.4 Å². The summed E-state index contributed by atoms with van der Waals surface area (Å²) >= 11 is 0. The van der Waals surface area contributed by atoms with Crippen molar-refractivity contribution in [1.29, 1.82) is 0 Å². The number of fused-ring (bicyclic) bond motifs is 1. The lowest BCUT2D eigenvalue weighted by Crippen LogP contribution is -2.72. The van der Waals surface area contributed by atoms with Crippen LogP contribution in [0.25, 0.3) is 11.0 Å². The smallest absolute Gasteiger partial charge is 0.264 e. The van der Waals surface area contributed by atoms with Crippen LogP contribution in [0.4, 0.5) is 23.1 Å². The number of rotatable bonds is 9. The summed E-state index contributed by atoms with van der Waals surface area (Å²) in [6.45, 7) is 7.10. The third-order valence-electron chi connectivity index (χ3n) is 9.45. The van der Waals surface area contributed by atoms with Gasteiger partial charge in [0, 0.05) is 54.9 Å². The fourth-order valence-corrected chi connectivity index (χ4v) is 7.49. The first-order valence-electron chi connectivity index (χ1n) is 15.6. The van der Waals surface area contributed by atoms with Crippen LogP contribution in [-0.2, 0) is 20.9 Å². The Morgan fingerprint density at radius 2 is 1.63 bits per heavy atom. The summed E-state index contributed by atoms with van der Waals surface area (Å²) < 4.78 is 29.1. The molecule has 2 aliphatic heterocycles. The van der Waals surface area contributed by atoms with E-state index in [1.54, 1.807) is 17.7 Å². The molecule has 1 N–H and O–H groups in total. The molecule has 13 heteroatoms. The number of nitrogens with one attached hydrogen (secondary N) is 1. The van der Waals surface area contributed by atoms with Crippen molar-refractivity contribution in [2.24, 2.45) is 5.41 Å². The first-order chi connectivity index (χ1) is 22.0. The number of benzene rings is 1. The first kappa shape index (κ1) is 30.3. The predicted octanol–water partition coefficient (Wildman–Crippen LogP) is 4.36. The molecule has 1 spiro atoms. The summed E-state index contributed by atoms with van der Waals surface area (Å²) in [6.07, 6.45) is 8.46. The topological polar surface area (TPSA) is 140 Å². The minimum absolute atomic E-state index is 0.0192. The van der Waals surface area contributed by atoms with Gasteiger partial charge >= 0.3 is 0 Å². The van der Waals surface area contributed by atoms with Gasteiger partial charge in [0.2, 0.25) is 5.95 Å². The summed E-state index contributed by atoms with van der Waals surface area (Å²) in [5.74, 6) is 0.712. The number of Topliss-reactive ketones (excluding diaryl/α,β-unsaturated/α-hetero) is 1. The van der Waals surface area contributed by atoms with E-state index in [9.17, 15) is 18.0 Å². The largest absolute Gasteiger partial charge is 0.370 e. The molecule has 0 amide bonds. The van der Waals surface area contributed by atoms with Crippen molar-refractivity contribution < 1.29 is 17.4 Å². The first-order valence-corrected chi connectivity index (χ1v) is 17.4. The molecule has 46 heavy (non-hydrogen) atoms. The molecule has 7 rings (SSSR count). The average molecular weight is 644 g/mol. The second kappa shape index (κ2) is 11.5. The van der Waals surface area contributed by atoms with E-state index in [0.717, 1.165) is 75.1 Å². The molecule has 1 saturated carbocycles. The molecule has 240 valence electrons. The molecule has 3 fully saturated rings. The average Bonchev–Trinajstić information content (AvgIpc) is 3.50. The normalized spacial score (nSPS) is 17.7. The predicted molar refractivity (Wildman–Crippen MR) is 176 cm³/mol. The molecule has 2 saturated heterocycles. The molecule has 12 nitrogen and oxygen atoms in total. The van der Waals surface area contributed by atoms with Crippen molar-refractivity contribution in [3.8, 4) is 0 Å². The van der Waals surface area contributed by atoms with Gasteiger partial charge in [0.1, 0.15) is 11.5 Å². The molecule has 4 aromatic rings. The number of pyridine rings is 2. The number of nitrogens with zero attached hydrogens (tertiary/aromatic N) is 6. The van der Waals surface area contributed by atoms with Gasteiger partial charge in [0.15, 0.2) is 5.78 Å². The van der Waals surface area contributed by atoms with E-state index in [-0.39, 0.29) is 35.0 Å². The van der Waals surface area contributed by atoms with Gasteiger partial charge in [-0.25, -0.2) is 9.97 Å². The van der Waals surface area contributed by atoms with Crippen LogP contribution in [0.3, 0.4) is 0 Å². The maximum atomic E-state index is 13.5. The molecule has 1 aromatic carbocycles. The fourth-order valence-electron chi connectivity index (χ4n) is 7.14. The molecule has 3 aliphatic rings. The molecule has 0 radical (unpaired) electrons. The van der Waals surface area contributed by atoms with Crippen LogP contribution in [-0.4, -0.2) is 66.2 Å². The van der Waals surface area contributed by atoms with Crippen LogP contribution in [0.15, 0.2) is 53.6 Å². The van der Waals surface area contributed by atoms with Crippen molar-refractivity contribution in [2.45, 2.75) is 52.2 Å². The molecular formula is C33H37N7O5S. The van der Waals surface area contributed by atoms with Gasteiger partial charge in [-0.3, -0.25) is 18.3 Å². The molecule has 0 bridgehead atoms. The van der Waals surface area contributed by atoms with Crippen molar-refractivity contribution in [3.63, 3.8) is 0 Å².